The Hall–Kier alpha value is -2.59. The Morgan fingerprint density at radius 2 is 1.33 bits per heavy atom. The minimum absolute atomic E-state index is 0.805. The molecule has 4 heteroatoms. The molecule has 0 saturated heterocycles. The third-order valence-electron chi connectivity index (χ3n) is 4.06. The molecule has 4 rings (SSSR count). The molecule has 1 aliphatic heterocycles. The van der Waals surface area contributed by atoms with E-state index in [0.717, 1.165) is 28.6 Å². The number of ether oxygens (including phenoxy) is 2. The van der Waals surface area contributed by atoms with Crippen molar-refractivity contribution in [3.8, 4) is 11.5 Å². The van der Waals surface area contributed by atoms with Crippen molar-refractivity contribution in [1.82, 2.24) is 0 Å². The first-order valence-electron chi connectivity index (χ1n) is 7.70. The van der Waals surface area contributed by atoms with Crippen LogP contribution in [-0.4, -0.2) is 14.2 Å². The fourth-order valence-corrected chi connectivity index (χ4v) is 3.99. The van der Waals surface area contributed by atoms with Gasteiger partial charge >= 0.3 is 0 Å². The molecule has 3 nitrogen and oxygen atoms in total. The Labute approximate surface area is 145 Å². The number of para-hydroxylation sites is 2. The third-order valence-corrected chi connectivity index (χ3v) is 5.19. The van der Waals surface area contributed by atoms with Gasteiger partial charge in [-0.05, 0) is 36.4 Å². The normalized spacial score (nSPS) is 12.3. The van der Waals surface area contributed by atoms with Gasteiger partial charge in [-0.3, -0.25) is 0 Å². The Morgan fingerprint density at radius 3 is 1.92 bits per heavy atom. The van der Waals surface area contributed by atoms with Gasteiger partial charge in [0.05, 0.1) is 31.3 Å². The molecule has 1 heterocycles. The van der Waals surface area contributed by atoms with Gasteiger partial charge in [-0.2, -0.15) is 0 Å². The van der Waals surface area contributed by atoms with Crippen LogP contribution < -0.4 is 14.4 Å². The number of methoxy groups -OCH3 is 2. The van der Waals surface area contributed by atoms with Gasteiger partial charge < -0.3 is 14.4 Å². The predicted octanol–water partition coefficient (Wildman–Crippen LogP) is 5.64. The first-order chi connectivity index (χ1) is 11.8. The highest BCUT2D eigenvalue weighted by atomic mass is 32.2. The minimum atomic E-state index is 0.805. The number of benzene rings is 3. The van der Waals surface area contributed by atoms with Crippen molar-refractivity contribution in [2.24, 2.45) is 0 Å². The number of fused-ring (bicyclic) bond motifs is 2. The molecule has 120 valence electrons. The molecule has 0 fully saturated rings. The molecule has 0 saturated carbocycles. The fourth-order valence-electron chi connectivity index (χ4n) is 2.94. The van der Waals surface area contributed by atoms with E-state index >= 15 is 0 Å². The number of hydrogen-bond acceptors (Lipinski definition) is 4. The molecular weight excluding hydrogens is 318 g/mol. The predicted molar refractivity (Wildman–Crippen MR) is 98.4 cm³/mol. The topological polar surface area (TPSA) is 21.7 Å². The van der Waals surface area contributed by atoms with Crippen LogP contribution in [0.3, 0.4) is 0 Å². The van der Waals surface area contributed by atoms with Crippen LogP contribution in [0, 0.1) is 0 Å². The second-order valence-electron chi connectivity index (χ2n) is 5.41. The highest BCUT2D eigenvalue weighted by Gasteiger charge is 2.26. The first kappa shape index (κ1) is 15.0. The van der Waals surface area contributed by atoms with E-state index in [1.807, 2.05) is 18.2 Å². The van der Waals surface area contributed by atoms with Crippen molar-refractivity contribution in [2.45, 2.75) is 9.79 Å². The average Bonchev–Trinajstić information content (AvgIpc) is 2.65. The maximum atomic E-state index is 5.62. The second kappa shape index (κ2) is 6.13. The van der Waals surface area contributed by atoms with Gasteiger partial charge in [0.1, 0.15) is 11.5 Å². The van der Waals surface area contributed by atoms with Crippen LogP contribution in [-0.2, 0) is 0 Å². The largest absolute Gasteiger partial charge is 0.497 e. The zero-order valence-electron chi connectivity index (χ0n) is 13.5. The molecule has 1 aliphatic rings. The summed E-state index contributed by atoms with van der Waals surface area (Å²) in [4.78, 5) is 4.69. The van der Waals surface area contributed by atoms with Crippen LogP contribution in [0.2, 0.25) is 0 Å². The van der Waals surface area contributed by atoms with Crippen LogP contribution in [0.1, 0.15) is 0 Å². The van der Waals surface area contributed by atoms with Gasteiger partial charge in [0.2, 0.25) is 0 Å². The van der Waals surface area contributed by atoms with E-state index in [-0.39, 0.29) is 0 Å². The van der Waals surface area contributed by atoms with E-state index in [4.69, 9.17) is 9.47 Å². The molecule has 0 N–H and O–H groups in total. The van der Waals surface area contributed by atoms with E-state index in [2.05, 4.69) is 53.4 Å². The number of nitrogens with zero attached hydrogens (tertiary/aromatic N) is 1. The molecule has 0 aliphatic carbocycles. The maximum absolute atomic E-state index is 5.62. The van der Waals surface area contributed by atoms with Crippen molar-refractivity contribution in [3.05, 3.63) is 66.7 Å². The van der Waals surface area contributed by atoms with E-state index in [0.29, 0.717) is 0 Å². The average molecular weight is 335 g/mol. The minimum Gasteiger partial charge on any atom is -0.497 e. The zero-order chi connectivity index (χ0) is 16.5. The molecule has 0 bridgehead atoms. The van der Waals surface area contributed by atoms with Crippen LogP contribution in [0.15, 0.2) is 76.5 Å². The summed E-state index contributed by atoms with van der Waals surface area (Å²) in [5.74, 6) is 1.62. The van der Waals surface area contributed by atoms with E-state index in [9.17, 15) is 0 Å². The molecule has 0 amide bonds. The van der Waals surface area contributed by atoms with Crippen LogP contribution in [0.25, 0.3) is 0 Å². The lowest BCUT2D eigenvalue weighted by Crippen LogP contribution is -2.15. The van der Waals surface area contributed by atoms with Gasteiger partial charge in [-0.15, -0.1) is 0 Å². The van der Waals surface area contributed by atoms with Crippen LogP contribution >= 0.6 is 11.8 Å². The van der Waals surface area contributed by atoms with Gasteiger partial charge in [0, 0.05) is 15.9 Å². The van der Waals surface area contributed by atoms with Gasteiger partial charge in [0.15, 0.2) is 0 Å². The number of anilines is 3. The summed E-state index contributed by atoms with van der Waals surface area (Å²) in [5, 5.41) is 0. The summed E-state index contributed by atoms with van der Waals surface area (Å²) < 4.78 is 11.1. The molecule has 0 unspecified atom stereocenters. The summed E-state index contributed by atoms with van der Waals surface area (Å²) in [6, 6.07) is 22.7. The molecule has 0 radical (unpaired) electrons. The second-order valence-corrected chi connectivity index (χ2v) is 6.49. The van der Waals surface area contributed by atoms with Gasteiger partial charge in [-0.25, -0.2) is 0 Å². The van der Waals surface area contributed by atoms with Gasteiger partial charge in [0.25, 0.3) is 0 Å². The van der Waals surface area contributed by atoms with Crippen molar-refractivity contribution in [3.63, 3.8) is 0 Å². The Balaban J connectivity index is 1.98. The molecule has 3 aromatic rings. The molecule has 3 aromatic carbocycles. The molecule has 0 atom stereocenters. The summed E-state index contributed by atoms with van der Waals surface area (Å²) in [6.07, 6.45) is 0. The van der Waals surface area contributed by atoms with Crippen LogP contribution in [0.5, 0.6) is 11.5 Å². The number of rotatable bonds is 3. The van der Waals surface area contributed by atoms with Crippen molar-refractivity contribution in [1.29, 1.82) is 0 Å². The SMILES string of the molecule is COc1ccc(OC)c(N2c3ccccc3Sc3ccccc32)c1. The Morgan fingerprint density at radius 1 is 0.708 bits per heavy atom. The van der Waals surface area contributed by atoms with E-state index < -0.39 is 0 Å². The monoisotopic (exact) mass is 335 g/mol. The lowest BCUT2D eigenvalue weighted by atomic mass is 10.1. The summed E-state index contributed by atoms with van der Waals surface area (Å²) in [7, 11) is 3.38. The summed E-state index contributed by atoms with van der Waals surface area (Å²) in [6.45, 7) is 0. The zero-order valence-corrected chi connectivity index (χ0v) is 14.3. The Kier molecular flexibility index (Phi) is 3.82. The third kappa shape index (κ3) is 2.39. The smallest absolute Gasteiger partial charge is 0.143 e. The molecule has 0 spiro atoms. The number of hydrogen-bond donors (Lipinski definition) is 0. The quantitative estimate of drug-likeness (QED) is 0.483. The molecule has 0 aromatic heterocycles. The Bertz CT molecular complexity index is 849. The van der Waals surface area contributed by atoms with Crippen molar-refractivity contribution in [2.75, 3.05) is 19.1 Å². The first-order valence-corrected chi connectivity index (χ1v) is 8.51. The van der Waals surface area contributed by atoms with Crippen molar-refractivity contribution < 1.29 is 9.47 Å². The van der Waals surface area contributed by atoms with Gasteiger partial charge in [-0.1, -0.05) is 36.0 Å². The van der Waals surface area contributed by atoms with E-state index in [1.54, 1.807) is 26.0 Å². The highest BCUT2D eigenvalue weighted by Crippen LogP contribution is 2.53. The lowest BCUT2D eigenvalue weighted by molar-refractivity contribution is 0.404. The highest BCUT2D eigenvalue weighted by molar-refractivity contribution is 7.99. The fraction of sp³-hybridized carbons (Fsp3) is 0.100. The maximum Gasteiger partial charge on any atom is 0.143 e. The molecular formula is C20H17NO2S. The van der Waals surface area contributed by atoms with Crippen LogP contribution in [0.4, 0.5) is 17.1 Å². The standard InChI is InChI=1S/C20H17NO2S/c1-22-14-11-12-18(23-2)17(13-14)21-15-7-3-5-9-19(15)24-20-10-6-4-8-16(20)21/h3-13H,1-2H3. The summed E-state index contributed by atoms with van der Waals surface area (Å²) in [5.41, 5.74) is 3.26. The lowest BCUT2D eigenvalue weighted by Gasteiger charge is -2.33. The van der Waals surface area contributed by atoms with Crippen molar-refractivity contribution >= 4 is 28.8 Å². The van der Waals surface area contributed by atoms with E-state index in [1.165, 1.54) is 9.79 Å². The summed E-state index contributed by atoms with van der Waals surface area (Å²) >= 11 is 1.79. The molecule has 24 heavy (non-hydrogen) atoms.